The molecule has 0 N–H and O–H groups in total. The third-order valence-electron chi connectivity index (χ3n) is 3.48. The lowest BCUT2D eigenvalue weighted by molar-refractivity contribution is 0.626. The predicted octanol–water partition coefficient (Wildman–Crippen LogP) is 3.50. The summed E-state index contributed by atoms with van der Waals surface area (Å²) in [6, 6.07) is 15.7. The van der Waals surface area contributed by atoms with Crippen molar-refractivity contribution >= 4 is 10.9 Å². The van der Waals surface area contributed by atoms with Crippen molar-refractivity contribution < 1.29 is 4.39 Å². The molecule has 0 radical (unpaired) electrons. The number of rotatable bonds is 2. The maximum atomic E-state index is 12.9. The molecule has 0 saturated carbocycles. The molecule has 0 amide bonds. The largest absolute Gasteiger partial charge is 0.304 e. The van der Waals surface area contributed by atoms with Crippen LogP contribution in [0, 0.1) is 12.7 Å². The second kappa shape index (κ2) is 4.93. The highest BCUT2D eigenvalue weighted by atomic mass is 19.1. The molecule has 2 nitrogen and oxygen atoms in total. The fourth-order valence-electron chi connectivity index (χ4n) is 2.44. The molecule has 3 aromatic rings. The Morgan fingerprint density at radius 1 is 1.05 bits per heavy atom. The van der Waals surface area contributed by atoms with Crippen LogP contribution in [0.4, 0.5) is 4.39 Å². The molecule has 3 rings (SSSR count). The summed E-state index contributed by atoms with van der Waals surface area (Å²) in [7, 11) is 0. The third-order valence-corrected chi connectivity index (χ3v) is 3.48. The third kappa shape index (κ3) is 2.23. The molecular weight excluding hydrogens is 253 g/mol. The Bertz CT molecular complexity index is 819. The minimum absolute atomic E-state index is 0.0366. The molecule has 0 bridgehead atoms. The zero-order valence-corrected chi connectivity index (χ0v) is 11.1. The molecule has 20 heavy (non-hydrogen) atoms. The molecule has 3 heteroatoms. The van der Waals surface area contributed by atoms with E-state index < -0.39 is 0 Å². The van der Waals surface area contributed by atoms with Crippen LogP contribution in [-0.2, 0) is 6.54 Å². The van der Waals surface area contributed by atoms with E-state index in [1.807, 2.05) is 31.2 Å². The first-order valence-corrected chi connectivity index (χ1v) is 6.49. The topological polar surface area (TPSA) is 22.0 Å². The van der Waals surface area contributed by atoms with Gasteiger partial charge in [-0.3, -0.25) is 4.79 Å². The lowest BCUT2D eigenvalue weighted by Crippen LogP contribution is -2.20. The predicted molar refractivity (Wildman–Crippen MR) is 78.4 cm³/mol. The van der Waals surface area contributed by atoms with Gasteiger partial charge in [0, 0.05) is 11.5 Å². The van der Waals surface area contributed by atoms with Crippen LogP contribution >= 0.6 is 0 Å². The summed E-state index contributed by atoms with van der Waals surface area (Å²) in [5.74, 6) is -0.269. The van der Waals surface area contributed by atoms with Gasteiger partial charge in [0.1, 0.15) is 5.82 Å². The average Bonchev–Trinajstić information content (AvgIpc) is 2.45. The van der Waals surface area contributed by atoms with Crippen LogP contribution in [0.15, 0.2) is 59.4 Å². The van der Waals surface area contributed by atoms with Crippen molar-refractivity contribution in [3.05, 3.63) is 81.9 Å². The van der Waals surface area contributed by atoms with Crippen LogP contribution in [0.2, 0.25) is 0 Å². The maximum Gasteiger partial charge on any atom is 0.251 e. The zero-order chi connectivity index (χ0) is 14.1. The van der Waals surface area contributed by atoms with Gasteiger partial charge in [-0.15, -0.1) is 0 Å². The second-order valence-electron chi connectivity index (χ2n) is 4.90. The molecular formula is C17H14FNO. The fraction of sp³-hybridized carbons (Fsp3) is 0.118. The Balaban J connectivity index is 2.16. The summed E-state index contributed by atoms with van der Waals surface area (Å²) >= 11 is 0. The minimum atomic E-state index is -0.269. The van der Waals surface area contributed by atoms with E-state index >= 15 is 0 Å². The van der Waals surface area contributed by atoms with E-state index in [-0.39, 0.29) is 11.4 Å². The first-order valence-electron chi connectivity index (χ1n) is 6.49. The number of fused-ring (bicyclic) bond motifs is 1. The van der Waals surface area contributed by atoms with Gasteiger partial charge in [0.2, 0.25) is 0 Å². The van der Waals surface area contributed by atoms with Crippen LogP contribution in [0.25, 0.3) is 10.9 Å². The number of benzene rings is 2. The number of hydrogen-bond acceptors (Lipinski definition) is 1. The van der Waals surface area contributed by atoms with E-state index in [9.17, 15) is 9.18 Å². The van der Waals surface area contributed by atoms with Gasteiger partial charge in [-0.2, -0.15) is 0 Å². The summed E-state index contributed by atoms with van der Waals surface area (Å²) in [6.45, 7) is 2.38. The van der Waals surface area contributed by atoms with Gasteiger partial charge < -0.3 is 4.57 Å². The standard InChI is InChI=1S/C17H14FNO/c1-12-10-17(20)19(16-5-3-2-4-15(12)16)11-13-6-8-14(18)9-7-13/h2-10H,11H2,1H3. The summed E-state index contributed by atoms with van der Waals surface area (Å²) in [4.78, 5) is 12.2. The van der Waals surface area contributed by atoms with Crippen LogP contribution in [0.1, 0.15) is 11.1 Å². The van der Waals surface area contributed by atoms with Crippen LogP contribution < -0.4 is 5.56 Å². The number of nitrogens with zero attached hydrogens (tertiary/aromatic N) is 1. The molecule has 0 aliphatic carbocycles. The second-order valence-corrected chi connectivity index (χ2v) is 4.90. The smallest absolute Gasteiger partial charge is 0.251 e. The summed E-state index contributed by atoms with van der Waals surface area (Å²) in [5.41, 5.74) is 2.75. The van der Waals surface area contributed by atoms with E-state index in [1.54, 1.807) is 22.8 Å². The molecule has 0 fully saturated rings. The summed E-state index contributed by atoms with van der Waals surface area (Å²) in [6.07, 6.45) is 0. The van der Waals surface area contributed by atoms with Gasteiger partial charge in [0.15, 0.2) is 0 Å². The molecule has 0 atom stereocenters. The van der Waals surface area contributed by atoms with E-state index in [1.165, 1.54) is 12.1 Å². The van der Waals surface area contributed by atoms with E-state index in [2.05, 4.69) is 0 Å². The Morgan fingerprint density at radius 2 is 1.75 bits per heavy atom. The van der Waals surface area contributed by atoms with Crippen LogP contribution in [-0.4, -0.2) is 4.57 Å². The molecule has 0 aliphatic rings. The number of aromatic nitrogens is 1. The quantitative estimate of drug-likeness (QED) is 0.696. The molecule has 1 aromatic heterocycles. The molecule has 0 saturated heterocycles. The molecule has 2 aromatic carbocycles. The number of para-hydroxylation sites is 1. The van der Waals surface area contributed by atoms with Gasteiger partial charge >= 0.3 is 0 Å². The molecule has 0 spiro atoms. The molecule has 0 unspecified atom stereocenters. The minimum Gasteiger partial charge on any atom is -0.304 e. The van der Waals surface area contributed by atoms with Crippen LogP contribution in [0.5, 0.6) is 0 Å². The van der Waals surface area contributed by atoms with Crippen molar-refractivity contribution in [2.75, 3.05) is 0 Å². The highest BCUT2D eigenvalue weighted by Crippen LogP contribution is 2.17. The van der Waals surface area contributed by atoms with Crippen molar-refractivity contribution in [2.24, 2.45) is 0 Å². The monoisotopic (exact) mass is 267 g/mol. The van der Waals surface area contributed by atoms with E-state index in [0.29, 0.717) is 6.54 Å². The lowest BCUT2D eigenvalue weighted by Gasteiger charge is -2.12. The molecule has 0 aliphatic heterocycles. The van der Waals surface area contributed by atoms with E-state index in [4.69, 9.17) is 0 Å². The summed E-state index contributed by atoms with van der Waals surface area (Å²) in [5, 5.41) is 1.06. The lowest BCUT2D eigenvalue weighted by atomic mass is 10.1. The van der Waals surface area contributed by atoms with Gasteiger partial charge in [-0.05, 0) is 36.2 Å². The van der Waals surface area contributed by atoms with Crippen molar-refractivity contribution in [1.29, 1.82) is 0 Å². The number of halogens is 1. The SMILES string of the molecule is Cc1cc(=O)n(Cc2ccc(F)cc2)c2ccccc12. The first kappa shape index (κ1) is 12.6. The van der Waals surface area contributed by atoms with Crippen molar-refractivity contribution in [3.63, 3.8) is 0 Å². The normalized spacial score (nSPS) is 10.9. The highest BCUT2D eigenvalue weighted by molar-refractivity contribution is 5.82. The molecule has 100 valence electrons. The average molecular weight is 267 g/mol. The number of pyridine rings is 1. The maximum absolute atomic E-state index is 12.9. The van der Waals surface area contributed by atoms with Crippen LogP contribution in [0.3, 0.4) is 0 Å². The zero-order valence-electron chi connectivity index (χ0n) is 11.1. The Labute approximate surface area is 116 Å². The van der Waals surface area contributed by atoms with Gasteiger partial charge in [-0.25, -0.2) is 4.39 Å². The van der Waals surface area contributed by atoms with E-state index in [0.717, 1.165) is 22.0 Å². The van der Waals surface area contributed by atoms with Gasteiger partial charge in [0.05, 0.1) is 12.1 Å². The Morgan fingerprint density at radius 3 is 2.50 bits per heavy atom. The fourth-order valence-corrected chi connectivity index (χ4v) is 2.44. The van der Waals surface area contributed by atoms with Crippen molar-refractivity contribution in [1.82, 2.24) is 4.57 Å². The Kier molecular flexibility index (Phi) is 3.11. The number of hydrogen-bond donors (Lipinski definition) is 0. The highest BCUT2D eigenvalue weighted by Gasteiger charge is 2.06. The van der Waals surface area contributed by atoms with Crippen molar-refractivity contribution in [2.45, 2.75) is 13.5 Å². The number of aryl methyl sites for hydroxylation is 1. The van der Waals surface area contributed by atoms with Crippen molar-refractivity contribution in [3.8, 4) is 0 Å². The van der Waals surface area contributed by atoms with Gasteiger partial charge in [0.25, 0.3) is 5.56 Å². The molecule has 1 heterocycles. The van der Waals surface area contributed by atoms with Gasteiger partial charge in [-0.1, -0.05) is 30.3 Å². The summed E-state index contributed by atoms with van der Waals surface area (Å²) < 4.78 is 14.7. The Hall–Kier alpha value is -2.42. The first-order chi connectivity index (χ1) is 9.65.